The van der Waals surface area contributed by atoms with Gasteiger partial charge in [0.05, 0.1) is 0 Å². The van der Waals surface area contributed by atoms with Crippen molar-refractivity contribution in [1.29, 1.82) is 0 Å². The molecule has 0 saturated carbocycles. The zero-order valence-electron chi connectivity index (χ0n) is 4.91. The van der Waals surface area contributed by atoms with Crippen LogP contribution in [0.25, 0.3) is 0 Å². The molecule has 0 aromatic rings. The third kappa shape index (κ3) is 8.14. The maximum atomic E-state index is 11.4. The van der Waals surface area contributed by atoms with Crippen LogP contribution in [0.4, 0.5) is 13.2 Å². The number of hydrogen-bond donors (Lipinski definition) is 1. The second kappa shape index (κ2) is 4.04. The lowest BCUT2D eigenvalue weighted by molar-refractivity contribution is -0.135. The first kappa shape index (κ1) is 9.14. The van der Waals surface area contributed by atoms with E-state index in [-0.39, 0.29) is 6.42 Å². The lowest BCUT2D eigenvalue weighted by Crippen LogP contribution is -2.06. The maximum absolute atomic E-state index is 11.4. The molecule has 0 aliphatic rings. The predicted molar refractivity (Wildman–Crippen MR) is 33.8 cm³/mol. The van der Waals surface area contributed by atoms with Gasteiger partial charge >= 0.3 is 6.18 Å². The smallest absolute Gasteiger partial charge is 0.179 e. The van der Waals surface area contributed by atoms with E-state index in [2.05, 4.69) is 12.6 Å². The first-order chi connectivity index (χ1) is 4.06. The molecule has 0 aromatic heterocycles. The Morgan fingerprint density at radius 1 is 1.11 bits per heavy atom. The summed E-state index contributed by atoms with van der Waals surface area (Å²) >= 11 is 3.78. The second-order valence-electron chi connectivity index (χ2n) is 1.80. The minimum atomic E-state index is -3.98. The minimum absolute atomic E-state index is 0.201. The Bertz CT molecular complexity index is 69.1. The van der Waals surface area contributed by atoms with Crippen LogP contribution in [0.5, 0.6) is 0 Å². The SMILES string of the molecule is FC(F)(F)CCCCS. The van der Waals surface area contributed by atoms with Crippen LogP contribution in [0.2, 0.25) is 0 Å². The number of hydrogen-bond acceptors (Lipinski definition) is 1. The molecule has 0 nitrogen and oxygen atoms in total. The van der Waals surface area contributed by atoms with E-state index in [1.165, 1.54) is 0 Å². The molecule has 0 radical (unpaired) electrons. The first-order valence-electron chi connectivity index (χ1n) is 2.74. The van der Waals surface area contributed by atoms with Gasteiger partial charge < -0.3 is 0 Å². The van der Waals surface area contributed by atoms with Gasteiger partial charge in [-0.3, -0.25) is 0 Å². The van der Waals surface area contributed by atoms with Gasteiger partial charge in [-0.1, -0.05) is 0 Å². The lowest BCUT2D eigenvalue weighted by atomic mass is 10.2. The highest BCUT2D eigenvalue weighted by atomic mass is 32.1. The molecule has 0 aromatic carbocycles. The fraction of sp³-hybridized carbons (Fsp3) is 1.00. The van der Waals surface area contributed by atoms with Crippen molar-refractivity contribution in [3.63, 3.8) is 0 Å². The molecule has 0 saturated heterocycles. The zero-order chi connectivity index (χ0) is 7.33. The van der Waals surface area contributed by atoms with Crippen LogP contribution >= 0.6 is 12.6 Å². The van der Waals surface area contributed by atoms with Crippen LogP contribution in [-0.4, -0.2) is 11.9 Å². The summed E-state index contributed by atoms with van der Waals surface area (Å²) in [5.74, 6) is 0.538. The highest BCUT2D eigenvalue weighted by Gasteiger charge is 2.25. The molecule has 0 N–H and O–H groups in total. The number of alkyl halides is 3. The van der Waals surface area contributed by atoms with Gasteiger partial charge in [-0.05, 0) is 18.6 Å². The fourth-order valence-electron chi connectivity index (χ4n) is 0.437. The number of unbranched alkanes of at least 4 members (excludes halogenated alkanes) is 1. The van der Waals surface area contributed by atoms with Gasteiger partial charge in [0.2, 0.25) is 0 Å². The molecule has 0 amide bonds. The van der Waals surface area contributed by atoms with Crippen molar-refractivity contribution in [1.82, 2.24) is 0 Å². The summed E-state index contributed by atoms with van der Waals surface area (Å²) in [7, 11) is 0. The molecule has 0 fully saturated rings. The molecule has 0 heterocycles. The highest BCUT2D eigenvalue weighted by Crippen LogP contribution is 2.21. The van der Waals surface area contributed by atoms with E-state index in [4.69, 9.17) is 0 Å². The van der Waals surface area contributed by atoms with Gasteiger partial charge in [-0.2, -0.15) is 25.8 Å². The van der Waals surface area contributed by atoms with E-state index < -0.39 is 12.6 Å². The van der Waals surface area contributed by atoms with Crippen molar-refractivity contribution >= 4 is 12.6 Å². The van der Waals surface area contributed by atoms with Crippen molar-refractivity contribution in [2.75, 3.05) is 5.75 Å². The predicted octanol–water partition coefficient (Wildman–Crippen LogP) is 2.65. The summed E-state index contributed by atoms with van der Waals surface area (Å²) in [6.07, 6.45) is -3.91. The van der Waals surface area contributed by atoms with Gasteiger partial charge in [0, 0.05) is 6.42 Å². The minimum Gasteiger partial charge on any atom is -0.179 e. The summed E-state index contributed by atoms with van der Waals surface area (Å²) in [6.45, 7) is 0. The molecule has 56 valence electrons. The Balaban J connectivity index is 3.07. The number of thiol groups is 1. The second-order valence-corrected chi connectivity index (χ2v) is 2.24. The van der Waals surface area contributed by atoms with Crippen molar-refractivity contribution in [2.45, 2.75) is 25.4 Å². The standard InChI is InChI=1S/C5H9F3S/c6-5(7,8)3-1-2-4-9/h9H,1-4H2. The average Bonchev–Trinajstić information content (AvgIpc) is 1.63. The van der Waals surface area contributed by atoms with Crippen LogP contribution in [-0.2, 0) is 0 Å². The zero-order valence-corrected chi connectivity index (χ0v) is 5.80. The Labute approximate surface area is 57.9 Å². The van der Waals surface area contributed by atoms with Crippen LogP contribution < -0.4 is 0 Å². The Morgan fingerprint density at radius 2 is 1.67 bits per heavy atom. The van der Waals surface area contributed by atoms with E-state index in [1.54, 1.807) is 0 Å². The maximum Gasteiger partial charge on any atom is 0.389 e. The fourth-order valence-corrected chi connectivity index (χ4v) is 0.661. The van der Waals surface area contributed by atoms with Crippen molar-refractivity contribution in [2.24, 2.45) is 0 Å². The first-order valence-corrected chi connectivity index (χ1v) is 3.37. The molecule has 4 heteroatoms. The van der Waals surface area contributed by atoms with E-state index in [1.807, 2.05) is 0 Å². The summed E-state index contributed by atoms with van der Waals surface area (Å²) in [4.78, 5) is 0. The molecule has 0 atom stereocenters. The molecule has 0 unspecified atom stereocenters. The Kier molecular flexibility index (Phi) is 4.10. The largest absolute Gasteiger partial charge is 0.389 e. The molecule has 0 aliphatic carbocycles. The van der Waals surface area contributed by atoms with Crippen molar-refractivity contribution in [3.8, 4) is 0 Å². The normalized spacial score (nSPS) is 12.0. The van der Waals surface area contributed by atoms with Gasteiger partial charge in [0.15, 0.2) is 0 Å². The van der Waals surface area contributed by atoms with Crippen molar-refractivity contribution in [3.05, 3.63) is 0 Å². The van der Waals surface area contributed by atoms with E-state index in [0.717, 1.165) is 0 Å². The van der Waals surface area contributed by atoms with Crippen molar-refractivity contribution < 1.29 is 13.2 Å². The van der Waals surface area contributed by atoms with Crippen LogP contribution in [0.3, 0.4) is 0 Å². The molecule has 0 spiro atoms. The number of halogens is 3. The monoisotopic (exact) mass is 158 g/mol. The average molecular weight is 158 g/mol. The highest BCUT2D eigenvalue weighted by molar-refractivity contribution is 7.80. The topological polar surface area (TPSA) is 0 Å². The molecule has 0 aliphatic heterocycles. The summed E-state index contributed by atoms with van der Waals surface area (Å²) < 4.78 is 34.1. The van der Waals surface area contributed by atoms with E-state index in [9.17, 15) is 13.2 Å². The molecular formula is C5H9F3S. The summed E-state index contributed by atoms with van der Waals surface area (Å²) in [5, 5.41) is 0. The van der Waals surface area contributed by atoms with Crippen LogP contribution in [0, 0.1) is 0 Å². The van der Waals surface area contributed by atoms with Gasteiger partial charge in [-0.15, -0.1) is 0 Å². The Morgan fingerprint density at radius 3 is 2.00 bits per heavy atom. The van der Waals surface area contributed by atoms with E-state index >= 15 is 0 Å². The summed E-state index contributed by atoms with van der Waals surface area (Å²) in [6, 6.07) is 0. The quantitative estimate of drug-likeness (QED) is 0.473. The van der Waals surface area contributed by atoms with Gasteiger partial charge in [0.1, 0.15) is 0 Å². The third-order valence-corrected chi connectivity index (χ3v) is 1.18. The van der Waals surface area contributed by atoms with E-state index in [0.29, 0.717) is 12.2 Å². The lowest BCUT2D eigenvalue weighted by Gasteiger charge is -2.03. The van der Waals surface area contributed by atoms with Crippen LogP contribution in [0.15, 0.2) is 0 Å². The summed E-state index contributed by atoms with van der Waals surface area (Å²) in [5.41, 5.74) is 0. The van der Waals surface area contributed by atoms with Gasteiger partial charge in [-0.25, -0.2) is 0 Å². The number of rotatable bonds is 3. The van der Waals surface area contributed by atoms with Gasteiger partial charge in [0.25, 0.3) is 0 Å². The Hall–Kier alpha value is 0.140. The third-order valence-electron chi connectivity index (χ3n) is 0.868. The molecular weight excluding hydrogens is 149 g/mol. The van der Waals surface area contributed by atoms with Crippen LogP contribution in [0.1, 0.15) is 19.3 Å². The molecule has 0 bridgehead atoms. The molecule has 0 rings (SSSR count). The molecule has 9 heavy (non-hydrogen) atoms.